The fourth-order valence-corrected chi connectivity index (χ4v) is 4.56. The molecule has 8 heteroatoms. The molecule has 1 aromatic rings. The number of carbonyl (C=O) groups is 1. The number of likely N-dealkylation sites (tertiary alicyclic amines) is 1. The van der Waals surface area contributed by atoms with Gasteiger partial charge in [0, 0.05) is 19.6 Å². The van der Waals surface area contributed by atoms with Crippen LogP contribution in [0.4, 0.5) is 17.6 Å². The second-order valence-electron chi connectivity index (χ2n) is 7.82. The SMILES string of the molecule is CCN1N=C(C(=O)N2CCC(c3ccccc3C(F)(F)F)CC2)C2C=CC(F)=CC21. The number of hydrogen-bond donors (Lipinski definition) is 0. The van der Waals surface area contributed by atoms with Crippen LogP contribution in [0.3, 0.4) is 0 Å². The van der Waals surface area contributed by atoms with Crippen molar-refractivity contribution in [2.75, 3.05) is 19.6 Å². The van der Waals surface area contributed by atoms with Crippen LogP contribution in [0.2, 0.25) is 0 Å². The second-order valence-corrected chi connectivity index (χ2v) is 7.82. The molecule has 1 fully saturated rings. The van der Waals surface area contributed by atoms with Gasteiger partial charge in [-0.3, -0.25) is 9.80 Å². The molecule has 1 aliphatic carbocycles. The highest BCUT2D eigenvalue weighted by Crippen LogP contribution is 2.39. The maximum atomic E-state index is 13.7. The number of rotatable bonds is 3. The average molecular weight is 421 g/mol. The number of fused-ring (bicyclic) bond motifs is 1. The third-order valence-electron chi connectivity index (χ3n) is 6.09. The molecule has 1 aromatic carbocycles. The molecule has 0 N–H and O–H groups in total. The van der Waals surface area contributed by atoms with E-state index in [-0.39, 0.29) is 29.6 Å². The summed E-state index contributed by atoms with van der Waals surface area (Å²) in [7, 11) is 0. The van der Waals surface area contributed by atoms with Crippen molar-refractivity contribution in [3.63, 3.8) is 0 Å². The molecule has 4 nitrogen and oxygen atoms in total. The van der Waals surface area contributed by atoms with Gasteiger partial charge in [0.05, 0.1) is 17.5 Å². The largest absolute Gasteiger partial charge is 0.416 e. The van der Waals surface area contributed by atoms with E-state index in [0.29, 0.717) is 43.8 Å². The van der Waals surface area contributed by atoms with Crippen molar-refractivity contribution in [3.05, 3.63) is 59.4 Å². The maximum absolute atomic E-state index is 13.7. The number of halogens is 4. The zero-order chi connectivity index (χ0) is 21.5. The van der Waals surface area contributed by atoms with Crippen molar-refractivity contribution in [1.29, 1.82) is 0 Å². The van der Waals surface area contributed by atoms with Crippen LogP contribution < -0.4 is 0 Å². The van der Waals surface area contributed by atoms with E-state index >= 15 is 0 Å². The summed E-state index contributed by atoms with van der Waals surface area (Å²) in [6.45, 7) is 3.17. The highest BCUT2D eigenvalue weighted by Gasteiger charge is 2.41. The van der Waals surface area contributed by atoms with Crippen LogP contribution in [0.25, 0.3) is 0 Å². The standard InChI is InChI=1S/C22H23F4N3O/c1-2-29-19-13-15(23)7-8-17(19)20(27-29)21(30)28-11-9-14(10-12-28)16-5-3-4-6-18(16)22(24,25)26/h3-8,13-14,17,19H,2,9-12H2,1H3. The molecule has 1 saturated heterocycles. The molecule has 160 valence electrons. The number of piperidine rings is 1. The third kappa shape index (κ3) is 3.75. The van der Waals surface area contributed by atoms with Gasteiger partial charge in [0.25, 0.3) is 5.91 Å². The van der Waals surface area contributed by atoms with Gasteiger partial charge in [0.15, 0.2) is 0 Å². The Kier molecular flexibility index (Phi) is 5.42. The summed E-state index contributed by atoms with van der Waals surface area (Å²) in [5.74, 6) is -1.11. The van der Waals surface area contributed by atoms with Crippen LogP contribution >= 0.6 is 0 Å². The lowest BCUT2D eigenvalue weighted by Crippen LogP contribution is -2.44. The summed E-state index contributed by atoms with van der Waals surface area (Å²) < 4.78 is 53.7. The maximum Gasteiger partial charge on any atom is 0.416 e. The van der Waals surface area contributed by atoms with Crippen LogP contribution in [-0.2, 0) is 11.0 Å². The number of hydrazone groups is 1. The third-order valence-corrected chi connectivity index (χ3v) is 6.09. The second kappa shape index (κ2) is 7.89. The van der Waals surface area contributed by atoms with Crippen LogP contribution in [0, 0.1) is 5.92 Å². The summed E-state index contributed by atoms with van der Waals surface area (Å²) in [6, 6.07) is 5.35. The number of alkyl halides is 3. The zero-order valence-corrected chi connectivity index (χ0v) is 16.6. The molecule has 3 aliphatic rings. The van der Waals surface area contributed by atoms with Gasteiger partial charge >= 0.3 is 6.18 Å². The molecule has 2 heterocycles. The molecule has 2 atom stereocenters. The Morgan fingerprint density at radius 1 is 1.20 bits per heavy atom. The van der Waals surface area contributed by atoms with E-state index in [2.05, 4.69) is 5.10 Å². The molecule has 0 saturated carbocycles. The van der Waals surface area contributed by atoms with Crippen molar-refractivity contribution in [2.24, 2.45) is 11.0 Å². The van der Waals surface area contributed by atoms with E-state index in [1.54, 1.807) is 22.1 Å². The lowest BCUT2D eigenvalue weighted by atomic mass is 9.85. The Hall–Kier alpha value is -2.64. The molecule has 30 heavy (non-hydrogen) atoms. The minimum absolute atomic E-state index is 0.219. The normalized spacial score (nSPS) is 24.6. The lowest BCUT2D eigenvalue weighted by Gasteiger charge is -2.33. The molecular weight excluding hydrogens is 398 g/mol. The van der Waals surface area contributed by atoms with Crippen molar-refractivity contribution in [1.82, 2.24) is 9.91 Å². The first-order valence-electron chi connectivity index (χ1n) is 10.2. The van der Waals surface area contributed by atoms with Crippen molar-refractivity contribution < 1.29 is 22.4 Å². The predicted molar refractivity (Wildman–Crippen MR) is 105 cm³/mol. The van der Waals surface area contributed by atoms with Crippen molar-refractivity contribution in [2.45, 2.75) is 37.9 Å². The van der Waals surface area contributed by atoms with Gasteiger partial charge in [0.2, 0.25) is 0 Å². The quantitative estimate of drug-likeness (QED) is 0.674. The van der Waals surface area contributed by atoms with E-state index in [1.165, 1.54) is 24.3 Å². The van der Waals surface area contributed by atoms with Gasteiger partial charge in [-0.2, -0.15) is 18.3 Å². The number of amides is 1. The van der Waals surface area contributed by atoms with Gasteiger partial charge in [-0.25, -0.2) is 4.39 Å². The molecule has 0 bridgehead atoms. The van der Waals surface area contributed by atoms with E-state index in [1.807, 2.05) is 6.92 Å². The molecule has 2 aliphatic heterocycles. The van der Waals surface area contributed by atoms with Gasteiger partial charge in [-0.1, -0.05) is 24.3 Å². The zero-order valence-electron chi connectivity index (χ0n) is 16.6. The first kappa shape index (κ1) is 20.6. The average Bonchev–Trinajstić information content (AvgIpc) is 3.10. The Labute approximate surface area is 172 Å². The highest BCUT2D eigenvalue weighted by molar-refractivity contribution is 6.40. The minimum atomic E-state index is -4.39. The fourth-order valence-electron chi connectivity index (χ4n) is 4.56. The molecule has 4 rings (SSSR count). The smallest absolute Gasteiger partial charge is 0.337 e. The first-order chi connectivity index (χ1) is 14.3. The van der Waals surface area contributed by atoms with E-state index in [4.69, 9.17) is 0 Å². The van der Waals surface area contributed by atoms with Gasteiger partial charge in [0.1, 0.15) is 11.5 Å². The fraction of sp³-hybridized carbons (Fsp3) is 0.455. The summed E-state index contributed by atoms with van der Waals surface area (Å²) in [6.07, 6.45) is 1.02. The molecular formula is C22H23F4N3O. The van der Waals surface area contributed by atoms with Gasteiger partial charge in [-0.05, 0) is 49.5 Å². The van der Waals surface area contributed by atoms with Gasteiger partial charge < -0.3 is 4.90 Å². The van der Waals surface area contributed by atoms with Crippen LogP contribution in [0.15, 0.2) is 53.4 Å². The Morgan fingerprint density at radius 3 is 2.57 bits per heavy atom. The molecule has 1 amide bonds. The van der Waals surface area contributed by atoms with Crippen LogP contribution in [0.5, 0.6) is 0 Å². The summed E-state index contributed by atoms with van der Waals surface area (Å²) in [5.41, 5.74) is 0.0666. The number of nitrogens with zero attached hydrogens (tertiary/aromatic N) is 3. The molecule has 0 radical (unpaired) electrons. The lowest BCUT2D eigenvalue weighted by molar-refractivity contribution is -0.138. The molecule has 2 unspecified atom stereocenters. The topological polar surface area (TPSA) is 35.9 Å². The van der Waals surface area contributed by atoms with Crippen LogP contribution in [-0.4, -0.2) is 47.2 Å². The van der Waals surface area contributed by atoms with Crippen molar-refractivity contribution in [3.8, 4) is 0 Å². The molecule has 0 spiro atoms. The van der Waals surface area contributed by atoms with Crippen LogP contribution in [0.1, 0.15) is 36.8 Å². The number of carbonyl (C=O) groups excluding carboxylic acids is 1. The highest BCUT2D eigenvalue weighted by atomic mass is 19.4. The Balaban J connectivity index is 1.47. The predicted octanol–water partition coefficient (Wildman–Crippen LogP) is 4.51. The monoisotopic (exact) mass is 421 g/mol. The van der Waals surface area contributed by atoms with E-state index in [0.717, 1.165) is 6.07 Å². The number of allylic oxidation sites excluding steroid dienone is 2. The van der Waals surface area contributed by atoms with E-state index < -0.39 is 11.7 Å². The number of hydrogen-bond acceptors (Lipinski definition) is 3. The number of likely N-dealkylation sites (N-methyl/N-ethyl adjacent to an activating group) is 1. The van der Waals surface area contributed by atoms with E-state index in [9.17, 15) is 22.4 Å². The number of benzene rings is 1. The Bertz CT molecular complexity index is 913. The Morgan fingerprint density at radius 2 is 1.90 bits per heavy atom. The molecule has 0 aromatic heterocycles. The van der Waals surface area contributed by atoms with Gasteiger partial charge in [-0.15, -0.1) is 0 Å². The summed E-state index contributed by atoms with van der Waals surface area (Å²) in [4.78, 5) is 14.8. The van der Waals surface area contributed by atoms with Crippen molar-refractivity contribution >= 4 is 11.6 Å². The summed E-state index contributed by atoms with van der Waals surface area (Å²) >= 11 is 0. The summed E-state index contributed by atoms with van der Waals surface area (Å²) in [5, 5.41) is 6.13. The minimum Gasteiger partial charge on any atom is -0.337 e. The first-order valence-corrected chi connectivity index (χ1v) is 10.2.